The summed E-state index contributed by atoms with van der Waals surface area (Å²) in [6.07, 6.45) is 3.06. The predicted octanol–water partition coefficient (Wildman–Crippen LogP) is 3.55. The van der Waals surface area contributed by atoms with E-state index in [4.69, 9.17) is 10.00 Å². The molecule has 0 spiro atoms. The molecule has 2 heterocycles. The van der Waals surface area contributed by atoms with E-state index in [1.54, 1.807) is 47.8 Å². The molecule has 0 aliphatic carbocycles. The van der Waals surface area contributed by atoms with Gasteiger partial charge < -0.3 is 15.4 Å². The maximum Gasteiger partial charge on any atom is 0.267 e. The average Bonchev–Trinajstić information content (AvgIpc) is 3.16. The summed E-state index contributed by atoms with van der Waals surface area (Å²) < 4.78 is 5.17. The summed E-state index contributed by atoms with van der Waals surface area (Å²) in [7, 11) is 0. The fourth-order valence-electron chi connectivity index (χ4n) is 2.22. The summed E-state index contributed by atoms with van der Waals surface area (Å²) in [6, 6.07) is 13.4. The van der Waals surface area contributed by atoms with Gasteiger partial charge in [0, 0.05) is 23.6 Å². The van der Waals surface area contributed by atoms with Gasteiger partial charge in [-0.25, -0.2) is 0 Å². The highest BCUT2D eigenvalue weighted by Gasteiger charge is 2.16. The van der Waals surface area contributed by atoms with Gasteiger partial charge in [0.15, 0.2) is 6.61 Å². The number of thiophene rings is 1. The van der Waals surface area contributed by atoms with E-state index in [2.05, 4.69) is 15.6 Å². The number of nitrogens with zero attached hydrogens (tertiary/aromatic N) is 2. The van der Waals surface area contributed by atoms with Crippen molar-refractivity contribution in [1.29, 1.82) is 5.26 Å². The van der Waals surface area contributed by atoms with Crippen molar-refractivity contribution in [2.75, 3.05) is 17.2 Å². The zero-order valence-electron chi connectivity index (χ0n) is 14.0. The minimum atomic E-state index is -0.333. The number of nitrogens with one attached hydrogen (secondary N) is 2. The van der Waals surface area contributed by atoms with Gasteiger partial charge in [0.1, 0.15) is 16.7 Å². The fraction of sp³-hybridized carbons (Fsp3) is 0.0526. The number of carbonyl (C=O) groups excluding carboxylic acids is 2. The van der Waals surface area contributed by atoms with Crippen molar-refractivity contribution in [3.63, 3.8) is 0 Å². The maximum absolute atomic E-state index is 12.5. The lowest BCUT2D eigenvalue weighted by molar-refractivity contribution is 0.102. The van der Waals surface area contributed by atoms with Crippen molar-refractivity contribution in [1.82, 2.24) is 4.98 Å². The second-order valence-corrected chi connectivity index (χ2v) is 6.19. The number of aromatic nitrogens is 1. The third-order valence-corrected chi connectivity index (χ3v) is 4.39. The van der Waals surface area contributed by atoms with Crippen LogP contribution in [0, 0.1) is 11.3 Å². The van der Waals surface area contributed by atoms with Crippen LogP contribution in [0.15, 0.2) is 60.2 Å². The Morgan fingerprint density at radius 2 is 1.78 bits per heavy atom. The van der Waals surface area contributed by atoms with E-state index >= 15 is 0 Å². The van der Waals surface area contributed by atoms with E-state index in [1.165, 1.54) is 23.7 Å². The third-order valence-electron chi connectivity index (χ3n) is 3.48. The molecule has 0 bridgehead atoms. The lowest BCUT2D eigenvalue weighted by Crippen LogP contribution is -2.16. The fourth-order valence-corrected chi connectivity index (χ4v) is 2.96. The van der Waals surface area contributed by atoms with E-state index in [-0.39, 0.29) is 18.4 Å². The highest BCUT2D eigenvalue weighted by Crippen LogP contribution is 2.25. The monoisotopic (exact) mass is 378 g/mol. The molecule has 2 N–H and O–H groups in total. The van der Waals surface area contributed by atoms with Crippen molar-refractivity contribution in [3.05, 3.63) is 70.7 Å². The SMILES string of the molecule is N#CCOc1ccc(NC(=O)c2sccc2NC(=O)c2ccncc2)cc1. The molecule has 2 amide bonds. The van der Waals surface area contributed by atoms with Crippen LogP contribution in [0.25, 0.3) is 0 Å². The highest BCUT2D eigenvalue weighted by atomic mass is 32.1. The summed E-state index contributed by atoms with van der Waals surface area (Å²) in [4.78, 5) is 29.1. The lowest BCUT2D eigenvalue weighted by Gasteiger charge is -2.08. The molecule has 0 unspecified atom stereocenters. The van der Waals surface area contributed by atoms with Crippen LogP contribution in [0.2, 0.25) is 0 Å². The Balaban J connectivity index is 1.67. The Labute approximate surface area is 159 Å². The molecule has 2 aromatic heterocycles. The maximum atomic E-state index is 12.5. The molecule has 134 valence electrons. The first-order chi connectivity index (χ1) is 13.2. The Kier molecular flexibility index (Phi) is 5.77. The van der Waals surface area contributed by atoms with Crippen LogP contribution in [0.5, 0.6) is 5.75 Å². The second kappa shape index (κ2) is 8.60. The van der Waals surface area contributed by atoms with Gasteiger partial charge in [-0.15, -0.1) is 11.3 Å². The molecule has 0 fully saturated rings. The van der Waals surface area contributed by atoms with Crippen molar-refractivity contribution in [2.24, 2.45) is 0 Å². The Hall–Kier alpha value is -3.70. The topological polar surface area (TPSA) is 104 Å². The van der Waals surface area contributed by atoms with E-state index in [9.17, 15) is 9.59 Å². The van der Waals surface area contributed by atoms with Crippen LogP contribution >= 0.6 is 11.3 Å². The minimum absolute atomic E-state index is 0.0402. The lowest BCUT2D eigenvalue weighted by atomic mass is 10.2. The minimum Gasteiger partial charge on any atom is -0.479 e. The number of benzene rings is 1. The molecule has 8 heteroatoms. The molecule has 0 aliphatic rings. The van der Waals surface area contributed by atoms with E-state index in [0.717, 1.165) is 0 Å². The smallest absolute Gasteiger partial charge is 0.267 e. The molecular formula is C19H14N4O3S. The van der Waals surface area contributed by atoms with E-state index in [1.807, 2.05) is 6.07 Å². The number of hydrogen-bond donors (Lipinski definition) is 2. The standard InChI is InChI=1S/C19H14N4O3S/c20-8-11-26-15-3-1-14(2-4-15)22-19(25)17-16(7-12-27-17)23-18(24)13-5-9-21-10-6-13/h1-7,9-10,12H,11H2,(H,22,25)(H,23,24). The van der Waals surface area contributed by atoms with Crippen molar-refractivity contribution >= 4 is 34.5 Å². The van der Waals surface area contributed by atoms with Crippen molar-refractivity contribution in [2.45, 2.75) is 0 Å². The Morgan fingerprint density at radius 3 is 2.48 bits per heavy atom. The van der Waals surface area contributed by atoms with Gasteiger partial charge in [0.2, 0.25) is 0 Å². The molecule has 0 saturated heterocycles. The second-order valence-electron chi connectivity index (χ2n) is 5.28. The summed E-state index contributed by atoms with van der Waals surface area (Å²) in [5.74, 6) is -0.111. The number of anilines is 2. The molecule has 0 radical (unpaired) electrons. The summed E-state index contributed by atoms with van der Waals surface area (Å²) in [5, 5.41) is 15.7. The van der Waals surface area contributed by atoms with Crippen molar-refractivity contribution < 1.29 is 14.3 Å². The Morgan fingerprint density at radius 1 is 1.04 bits per heavy atom. The average molecular weight is 378 g/mol. The third kappa shape index (κ3) is 4.68. The molecule has 0 atom stereocenters. The first kappa shape index (κ1) is 18.1. The van der Waals surface area contributed by atoms with Crippen LogP contribution in [-0.4, -0.2) is 23.4 Å². The molecule has 1 aromatic carbocycles. The van der Waals surface area contributed by atoms with Gasteiger partial charge in [-0.05, 0) is 47.8 Å². The van der Waals surface area contributed by atoms with Gasteiger partial charge in [-0.3, -0.25) is 14.6 Å². The highest BCUT2D eigenvalue weighted by molar-refractivity contribution is 7.12. The summed E-state index contributed by atoms with van der Waals surface area (Å²) in [6.45, 7) is -0.0402. The van der Waals surface area contributed by atoms with Crippen LogP contribution in [0.4, 0.5) is 11.4 Å². The van der Waals surface area contributed by atoms with Crippen LogP contribution in [0.3, 0.4) is 0 Å². The Bertz CT molecular complexity index is 978. The summed E-state index contributed by atoms with van der Waals surface area (Å²) >= 11 is 1.23. The number of rotatable bonds is 6. The van der Waals surface area contributed by atoms with Gasteiger partial charge in [0.05, 0.1) is 5.69 Å². The van der Waals surface area contributed by atoms with Gasteiger partial charge >= 0.3 is 0 Å². The number of ether oxygens (including phenoxy) is 1. The quantitative estimate of drug-likeness (QED) is 0.683. The predicted molar refractivity (Wildman–Crippen MR) is 102 cm³/mol. The molecule has 7 nitrogen and oxygen atoms in total. The zero-order chi connectivity index (χ0) is 19.1. The normalized spacial score (nSPS) is 9.89. The number of carbonyl (C=O) groups is 2. The largest absolute Gasteiger partial charge is 0.479 e. The van der Waals surface area contributed by atoms with E-state index in [0.29, 0.717) is 27.6 Å². The zero-order valence-corrected chi connectivity index (χ0v) is 14.8. The number of pyridine rings is 1. The molecular weight excluding hydrogens is 364 g/mol. The summed E-state index contributed by atoms with van der Waals surface area (Å²) in [5.41, 5.74) is 1.47. The molecule has 3 rings (SSSR count). The number of hydrogen-bond acceptors (Lipinski definition) is 6. The van der Waals surface area contributed by atoms with Crippen LogP contribution < -0.4 is 15.4 Å². The van der Waals surface area contributed by atoms with Gasteiger partial charge in [-0.1, -0.05) is 0 Å². The number of amides is 2. The molecule has 3 aromatic rings. The van der Waals surface area contributed by atoms with Gasteiger partial charge in [-0.2, -0.15) is 5.26 Å². The number of nitriles is 1. The first-order valence-corrected chi connectivity index (χ1v) is 8.75. The first-order valence-electron chi connectivity index (χ1n) is 7.87. The molecule has 27 heavy (non-hydrogen) atoms. The molecule has 0 aliphatic heterocycles. The van der Waals surface area contributed by atoms with Crippen LogP contribution in [-0.2, 0) is 0 Å². The molecule has 0 saturated carbocycles. The van der Waals surface area contributed by atoms with Crippen molar-refractivity contribution in [3.8, 4) is 11.8 Å². The van der Waals surface area contributed by atoms with Crippen LogP contribution in [0.1, 0.15) is 20.0 Å². The van der Waals surface area contributed by atoms with E-state index < -0.39 is 0 Å². The van der Waals surface area contributed by atoms with Gasteiger partial charge in [0.25, 0.3) is 11.8 Å².